The van der Waals surface area contributed by atoms with Gasteiger partial charge in [0.1, 0.15) is 0 Å². The molecule has 4 nitrogen and oxygen atoms in total. The van der Waals surface area contributed by atoms with E-state index in [0.29, 0.717) is 12.1 Å². The molecule has 150 valence electrons. The van der Waals surface area contributed by atoms with Gasteiger partial charge in [-0.3, -0.25) is 4.79 Å². The monoisotopic (exact) mass is 379 g/mol. The fraction of sp³-hybridized carbons (Fsp3) is 0.458. The average molecular weight is 380 g/mol. The molecule has 1 saturated heterocycles. The molecule has 28 heavy (non-hydrogen) atoms. The molecule has 1 aliphatic rings. The van der Waals surface area contributed by atoms with E-state index in [1.807, 2.05) is 44.2 Å². The summed E-state index contributed by atoms with van der Waals surface area (Å²) in [5.74, 6) is -0.0535. The van der Waals surface area contributed by atoms with Gasteiger partial charge >= 0.3 is 0 Å². The van der Waals surface area contributed by atoms with Crippen molar-refractivity contribution in [2.24, 2.45) is 0 Å². The predicted molar refractivity (Wildman–Crippen MR) is 118 cm³/mol. The van der Waals surface area contributed by atoms with Gasteiger partial charge in [0, 0.05) is 42.1 Å². The van der Waals surface area contributed by atoms with Gasteiger partial charge in [-0.1, -0.05) is 24.6 Å². The van der Waals surface area contributed by atoms with E-state index in [-0.39, 0.29) is 5.91 Å². The number of nitrogens with one attached hydrogen (secondary N) is 2. The topological polar surface area (TPSA) is 44.4 Å². The van der Waals surface area contributed by atoms with Crippen LogP contribution in [-0.2, 0) is 0 Å². The highest BCUT2D eigenvalue weighted by atomic mass is 16.1. The Bertz CT molecular complexity index is 792. The van der Waals surface area contributed by atoms with Crippen LogP contribution in [0.1, 0.15) is 54.6 Å². The van der Waals surface area contributed by atoms with Gasteiger partial charge in [-0.2, -0.15) is 0 Å². The molecule has 1 amide bonds. The highest BCUT2D eigenvalue weighted by Gasteiger charge is 2.20. The standard InChI is InChI=1S/C24H33N3O/c1-5-19(4)25-21-12-14-27(15-13-21)22-9-7-20(8-10-22)26-24(28)23-11-6-17(2)16-18(23)3/h6-11,16,19,21,25H,5,12-15H2,1-4H3,(H,26,28)/t19-/m1/s1. The second-order valence-corrected chi connectivity index (χ2v) is 8.06. The Kier molecular flexibility index (Phi) is 6.74. The molecule has 0 spiro atoms. The summed E-state index contributed by atoms with van der Waals surface area (Å²) in [6.07, 6.45) is 3.53. The zero-order valence-corrected chi connectivity index (χ0v) is 17.6. The Morgan fingerprint density at radius 1 is 1.11 bits per heavy atom. The van der Waals surface area contributed by atoms with Crippen molar-refractivity contribution in [1.29, 1.82) is 0 Å². The third-order valence-electron chi connectivity index (χ3n) is 5.74. The first kappa shape index (κ1) is 20.4. The first-order valence-electron chi connectivity index (χ1n) is 10.5. The first-order chi connectivity index (χ1) is 13.5. The minimum atomic E-state index is -0.0535. The Morgan fingerprint density at radius 2 is 1.79 bits per heavy atom. The maximum absolute atomic E-state index is 12.6. The molecule has 0 radical (unpaired) electrons. The minimum Gasteiger partial charge on any atom is -0.371 e. The highest BCUT2D eigenvalue weighted by Crippen LogP contribution is 2.23. The van der Waals surface area contributed by atoms with E-state index in [1.54, 1.807) is 0 Å². The maximum atomic E-state index is 12.6. The molecule has 1 atom stereocenters. The molecule has 3 rings (SSSR count). The van der Waals surface area contributed by atoms with Gasteiger partial charge < -0.3 is 15.5 Å². The molecule has 2 aromatic carbocycles. The van der Waals surface area contributed by atoms with Crippen LogP contribution in [0, 0.1) is 13.8 Å². The molecule has 0 aromatic heterocycles. The molecule has 2 N–H and O–H groups in total. The lowest BCUT2D eigenvalue weighted by atomic mass is 10.0. The van der Waals surface area contributed by atoms with Gasteiger partial charge in [-0.05, 0) is 75.9 Å². The maximum Gasteiger partial charge on any atom is 0.255 e. The van der Waals surface area contributed by atoms with E-state index in [0.717, 1.165) is 29.9 Å². The van der Waals surface area contributed by atoms with Crippen LogP contribution in [0.2, 0.25) is 0 Å². The van der Waals surface area contributed by atoms with Crippen LogP contribution in [0.25, 0.3) is 0 Å². The third-order valence-corrected chi connectivity index (χ3v) is 5.74. The van der Waals surface area contributed by atoms with Gasteiger partial charge in [-0.25, -0.2) is 0 Å². The van der Waals surface area contributed by atoms with Crippen molar-refractivity contribution in [2.45, 2.75) is 59.0 Å². The van der Waals surface area contributed by atoms with Crippen molar-refractivity contribution in [3.8, 4) is 0 Å². The van der Waals surface area contributed by atoms with Crippen molar-refractivity contribution < 1.29 is 4.79 Å². The van der Waals surface area contributed by atoms with E-state index in [2.05, 4.69) is 41.5 Å². The summed E-state index contributed by atoms with van der Waals surface area (Å²) in [7, 11) is 0. The van der Waals surface area contributed by atoms with Crippen molar-refractivity contribution >= 4 is 17.3 Å². The summed E-state index contributed by atoms with van der Waals surface area (Å²) < 4.78 is 0. The molecule has 1 heterocycles. The number of hydrogen-bond acceptors (Lipinski definition) is 3. The third kappa shape index (κ3) is 5.14. The first-order valence-corrected chi connectivity index (χ1v) is 10.5. The van der Waals surface area contributed by atoms with E-state index >= 15 is 0 Å². The lowest BCUT2D eigenvalue weighted by Gasteiger charge is -2.35. The van der Waals surface area contributed by atoms with Crippen LogP contribution in [0.4, 0.5) is 11.4 Å². The average Bonchev–Trinajstić information content (AvgIpc) is 2.69. The van der Waals surface area contributed by atoms with Crippen LogP contribution in [0.3, 0.4) is 0 Å². The second-order valence-electron chi connectivity index (χ2n) is 8.06. The summed E-state index contributed by atoms with van der Waals surface area (Å²) in [4.78, 5) is 15.0. The summed E-state index contributed by atoms with van der Waals surface area (Å²) in [5.41, 5.74) is 4.96. The van der Waals surface area contributed by atoms with Crippen molar-refractivity contribution in [3.63, 3.8) is 0 Å². The van der Waals surface area contributed by atoms with Gasteiger partial charge in [-0.15, -0.1) is 0 Å². The fourth-order valence-electron chi connectivity index (χ4n) is 3.85. The van der Waals surface area contributed by atoms with Crippen molar-refractivity contribution in [1.82, 2.24) is 5.32 Å². The lowest BCUT2D eigenvalue weighted by Crippen LogP contribution is -2.45. The Morgan fingerprint density at radius 3 is 2.39 bits per heavy atom. The number of piperidine rings is 1. The SMILES string of the molecule is CC[C@@H](C)NC1CCN(c2ccc(NC(=O)c3ccc(C)cc3C)cc2)CC1. The Balaban J connectivity index is 1.56. The predicted octanol–water partition coefficient (Wildman–Crippen LogP) is 4.91. The number of amides is 1. The smallest absolute Gasteiger partial charge is 0.255 e. The number of carbonyl (C=O) groups is 1. The highest BCUT2D eigenvalue weighted by molar-refractivity contribution is 6.05. The number of hydrogen-bond donors (Lipinski definition) is 2. The lowest BCUT2D eigenvalue weighted by molar-refractivity contribution is 0.102. The molecule has 1 fully saturated rings. The van der Waals surface area contributed by atoms with Crippen LogP contribution in [-0.4, -0.2) is 31.1 Å². The van der Waals surface area contributed by atoms with Gasteiger partial charge in [0.25, 0.3) is 5.91 Å². The normalized spacial score (nSPS) is 16.1. The van der Waals surface area contributed by atoms with E-state index in [1.165, 1.54) is 30.5 Å². The molecule has 4 heteroatoms. The molecular weight excluding hydrogens is 346 g/mol. The summed E-state index contributed by atoms with van der Waals surface area (Å²) in [6.45, 7) is 10.6. The largest absolute Gasteiger partial charge is 0.371 e. The van der Waals surface area contributed by atoms with Gasteiger partial charge in [0.15, 0.2) is 0 Å². The minimum absolute atomic E-state index is 0.0535. The molecule has 2 aromatic rings. The van der Waals surface area contributed by atoms with Crippen LogP contribution < -0.4 is 15.5 Å². The van der Waals surface area contributed by atoms with Crippen LogP contribution >= 0.6 is 0 Å². The second kappa shape index (κ2) is 9.24. The number of nitrogens with zero attached hydrogens (tertiary/aromatic N) is 1. The molecule has 0 saturated carbocycles. The quantitative estimate of drug-likeness (QED) is 0.749. The van der Waals surface area contributed by atoms with Crippen LogP contribution in [0.5, 0.6) is 0 Å². The molecule has 0 aliphatic carbocycles. The van der Waals surface area contributed by atoms with Crippen molar-refractivity contribution in [3.05, 3.63) is 59.2 Å². The van der Waals surface area contributed by atoms with E-state index in [9.17, 15) is 4.79 Å². The Labute approximate surface area is 169 Å². The summed E-state index contributed by atoms with van der Waals surface area (Å²) in [5, 5.41) is 6.74. The number of carbonyl (C=O) groups excluding carboxylic acids is 1. The number of anilines is 2. The molecule has 0 unspecified atom stereocenters. The Hall–Kier alpha value is -2.33. The number of benzene rings is 2. The zero-order valence-electron chi connectivity index (χ0n) is 17.6. The fourth-order valence-corrected chi connectivity index (χ4v) is 3.85. The summed E-state index contributed by atoms with van der Waals surface area (Å²) >= 11 is 0. The number of rotatable bonds is 6. The van der Waals surface area contributed by atoms with Gasteiger partial charge in [0.2, 0.25) is 0 Å². The number of aryl methyl sites for hydroxylation is 2. The van der Waals surface area contributed by atoms with Crippen LogP contribution in [0.15, 0.2) is 42.5 Å². The molecular formula is C24H33N3O. The van der Waals surface area contributed by atoms with E-state index in [4.69, 9.17) is 0 Å². The molecule has 1 aliphatic heterocycles. The summed E-state index contributed by atoms with van der Waals surface area (Å²) in [6, 6.07) is 15.4. The van der Waals surface area contributed by atoms with E-state index < -0.39 is 0 Å². The zero-order chi connectivity index (χ0) is 20.1. The molecule has 0 bridgehead atoms. The van der Waals surface area contributed by atoms with Gasteiger partial charge in [0.05, 0.1) is 0 Å². The van der Waals surface area contributed by atoms with Crippen molar-refractivity contribution in [2.75, 3.05) is 23.3 Å².